The first-order valence-electron chi connectivity index (χ1n) is 9.43. The van der Waals surface area contributed by atoms with Gasteiger partial charge in [0.2, 0.25) is 5.91 Å². The van der Waals surface area contributed by atoms with E-state index in [-0.39, 0.29) is 24.6 Å². The van der Waals surface area contributed by atoms with Crippen LogP contribution in [0.4, 0.5) is 10.5 Å². The molecule has 1 aliphatic heterocycles. The molecule has 0 radical (unpaired) electrons. The minimum Gasteiger partial charge on any atom is -0.379 e. The molecule has 0 aromatic heterocycles. The molecular formula is C20H31N3O3. The number of anilines is 1. The van der Waals surface area contributed by atoms with Gasteiger partial charge < -0.3 is 15.0 Å². The lowest BCUT2D eigenvalue weighted by Crippen LogP contribution is -2.40. The van der Waals surface area contributed by atoms with Crippen LogP contribution in [0.5, 0.6) is 0 Å². The van der Waals surface area contributed by atoms with Crippen LogP contribution >= 0.6 is 0 Å². The molecule has 2 rings (SSSR count). The van der Waals surface area contributed by atoms with Crippen LogP contribution in [0.25, 0.3) is 0 Å². The van der Waals surface area contributed by atoms with Crippen molar-refractivity contribution in [3.05, 3.63) is 29.8 Å². The number of benzene rings is 1. The van der Waals surface area contributed by atoms with Gasteiger partial charge in [0.05, 0.1) is 6.10 Å². The molecule has 6 nitrogen and oxygen atoms in total. The Balaban J connectivity index is 1.78. The molecule has 0 saturated carbocycles. The monoisotopic (exact) mass is 361 g/mol. The quantitative estimate of drug-likeness (QED) is 0.688. The van der Waals surface area contributed by atoms with Gasteiger partial charge in [0.25, 0.3) is 0 Å². The van der Waals surface area contributed by atoms with E-state index >= 15 is 0 Å². The highest BCUT2D eigenvalue weighted by molar-refractivity contribution is 5.96. The fraction of sp³-hybridized carbons (Fsp3) is 0.600. The third-order valence-electron chi connectivity index (χ3n) is 4.40. The number of carbonyl (C=O) groups is 2. The summed E-state index contributed by atoms with van der Waals surface area (Å²) in [5, 5.41) is 2.85. The van der Waals surface area contributed by atoms with Gasteiger partial charge in [0.1, 0.15) is 6.54 Å². The number of ether oxygens (including phenoxy) is 1. The summed E-state index contributed by atoms with van der Waals surface area (Å²) in [6.45, 7) is 10.7. The average molecular weight is 361 g/mol. The Kier molecular flexibility index (Phi) is 7.45. The van der Waals surface area contributed by atoms with Gasteiger partial charge in [-0.05, 0) is 43.9 Å². The second kappa shape index (κ2) is 9.57. The topological polar surface area (TPSA) is 61.9 Å². The fourth-order valence-electron chi connectivity index (χ4n) is 2.86. The maximum Gasteiger partial charge on any atom is 0.325 e. The van der Waals surface area contributed by atoms with E-state index in [1.807, 2.05) is 26.0 Å². The molecule has 1 fully saturated rings. The summed E-state index contributed by atoms with van der Waals surface area (Å²) in [5.41, 5.74) is 2.13. The predicted molar refractivity (Wildman–Crippen MR) is 104 cm³/mol. The summed E-state index contributed by atoms with van der Waals surface area (Å²) in [6, 6.07) is 7.96. The highest BCUT2D eigenvalue weighted by atomic mass is 16.5. The number of hydrogen-bond donors (Lipinski definition) is 1. The Labute approximate surface area is 156 Å². The Morgan fingerprint density at radius 1 is 1.15 bits per heavy atom. The van der Waals surface area contributed by atoms with E-state index < -0.39 is 0 Å². The molecule has 1 aromatic rings. The van der Waals surface area contributed by atoms with Crippen LogP contribution in [-0.2, 0) is 9.53 Å². The zero-order valence-electron chi connectivity index (χ0n) is 16.3. The van der Waals surface area contributed by atoms with Gasteiger partial charge in [0.15, 0.2) is 0 Å². The largest absolute Gasteiger partial charge is 0.379 e. The molecule has 0 spiro atoms. The van der Waals surface area contributed by atoms with E-state index in [2.05, 4.69) is 31.3 Å². The smallest absolute Gasteiger partial charge is 0.325 e. The second-order valence-electron chi connectivity index (χ2n) is 7.23. The molecule has 0 aliphatic carbocycles. The van der Waals surface area contributed by atoms with Crippen LogP contribution in [0.2, 0.25) is 0 Å². The second-order valence-corrected chi connectivity index (χ2v) is 7.23. The zero-order valence-corrected chi connectivity index (χ0v) is 16.3. The van der Waals surface area contributed by atoms with Crippen LogP contribution in [-0.4, -0.2) is 55.7 Å². The third kappa shape index (κ3) is 5.73. The number of nitrogens with one attached hydrogen (secondary N) is 1. The lowest BCUT2D eigenvalue weighted by atomic mass is 10.0. The normalized spacial score (nSPS) is 14.6. The summed E-state index contributed by atoms with van der Waals surface area (Å²) in [7, 11) is 0. The van der Waals surface area contributed by atoms with E-state index in [0.717, 1.165) is 12.1 Å². The molecule has 1 aliphatic rings. The summed E-state index contributed by atoms with van der Waals surface area (Å²) < 4.78 is 5.44. The highest BCUT2D eigenvalue weighted by Gasteiger charge is 2.30. The minimum absolute atomic E-state index is 0.102. The van der Waals surface area contributed by atoms with Gasteiger partial charge in [-0.25, -0.2) is 4.79 Å². The first-order valence-corrected chi connectivity index (χ1v) is 9.43. The first kappa shape index (κ1) is 20.2. The number of amides is 3. The van der Waals surface area contributed by atoms with Gasteiger partial charge in [0, 0.05) is 31.9 Å². The molecule has 3 amide bonds. The van der Waals surface area contributed by atoms with E-state index in [4.69, 9.17) is 4.74 Å². The Bertz CT molecular complexity index is 599. The van der Waals surface area contributed by atoms with E-state index in [1.54, 1.807) is 9.80 Å². The van der Waals surface area contributed by atoms with Gasteiger partial charge >= 0.3 is 6.03 Å². The van der Waals surface area contributed by atoms with Crippen molar-refractivity contribution < 1.29 is 14.3 Å². The van der Waals surface area contributed by atoms with Crippen molar-refractivity contribution in [2.45, 2.75) is 46.1 Å². The molecule has 1 aromatic carbocycles. The number of nitrogens with zero attached hydrogens (tertiary/aromatic N) is 2. The van der Waals surface area contributed by atoms with Crippen molar-refractivity contribution in [1.82, 2.24) is 10.2 Å². The molecule has 0 unspecified atom stereocenters. The summed E-state index contributed by atoms with van der Waals surface area (Å²) in [5.74, 6) is 0.337. The molecule has 1 heterocycles. The predicted octanol–water partition coefficient (Wildman–Crippen LogP) is 2.98. The fourth-order valence-corrected chi connectivity index (χ4v) is 2.86. The highest BCUT2D eigenvalue weighted by Crippen LogP contribution is 2.23. The van der Waals surface area contributed by atoms with Gasteiger partial charge in [-0.2, -0.15) is 0 Å². The lowest BCUT2D eigenvalue weighted by molar-refractivity contribution is -0.121. The molecule has 1 N–H and O–H groups in total. The van der Waals surface area contributed by atoms with Crippen molar-refractivity contribution in [1.29, 1.82) is 0 Å². The molecule has 1 saturated heterocycles. The number of hydrogen-bond acceptors (Lipinski definition) is 3. The van der Waals surface area contributed by atoms with Crippen molar-refractivity contribution in [3.63, 3.8) is 0 Å². The third-order valence-corrected chi connectivity index (χ3v) is 4.40. The van der Waals surface area contributed by atoms with Gasteiger partial charge in [-0.1, -0.05) is 26.0 Å². The SMILES string of the molecule is CC(C)OCCCNC(=O)CN1CCN(c2ccc(C(C)C)cc2)C1=O. The van der Waals surface area contributed by atoms with Crippen molar-refractivity contribution >= 4 is 17.6 Å². The molecule has 144 valence electrons. The average Bonchev–Trinajstić information content (AvgIpc) is 2.95. The standard InChI is InChI=1S/C20H31N3O3/c1-15(2)17-6-8-18(9-7-17)23-12-11-22(20(23)25)14-19(24)21-10-5-13-26-16(3)4/h6-9,15-16H,5,10-14H2,1-4H3,(H,21,24). The van der Waals surface area contributed by atoms with Gasteiger partial charge in [-0.3, -0.25) is 9.69 Å². The van der Waals surface area contributed by atoms with Crippen LogP contribution in [0.15, 0.2) is 24.3 Å². The molecular weight excluding hydrogens is 330 g/mol. The van der Waals surface area contributed by atoms with Crippen molar-refractivity contribution in [2.75, 3.05) is 37.7 Å². The first-order chi connectivity index (χ1) is 12.4. The van der Waals surface area contributed by atoms with Crippen LogP contribution < -0.4 is 10.2 Å². The molecule has 6 heteroatoms. The van der Waals surface area contributed by atoms with Crippen molar-refractivity contribution in [3.8, 4) is 0 Å². The molecule has 0 atom stereocenters. The maximum absolute atomic E-state index is 12.6. The summed E-state index contributed by atoms with van der Waals surface area (Å²) in [4.78, 5) is 27.9. The van der Waals surface area contributed by atoms with Crippen molar-refractivity contribution in [2.24, 2.45) is 0 Å². The summed E-state index contributed by atoms with van der Waals surface area (Å²) in [6.07, 6.45) is 0.972. The van der Waals surface area contributed by atoms with E-state index in [1.165, 1.54) is 5.56 Å². The van der Waals surface area contributed by atoms with E-state index in [9.17, 15) is 9.59 Å². The minimum atomic E-state index is -0.125. The van der Waals surface area contributed by atoms with Crippen LogP contribution in [0, 0.1) is 0 Å². The Hall–Kier alpha value is -2.08. The Morgan fingerprint density at radius 2 is 1.85 bits per heavy atom. The maximum atomic E-state index is 12.6. The zero-order chi connectivity index (χ0) is 19.1. The number of rotatable bonds is 9. The summed E-state index contributed by atoms with van der Waals surface area (Å²) >= 11 is 0. The van der Waals surface area contributed by atoms with E-state index in [0.29, 0.717) is 32.2 Å². The van der Waals surface area contributed by atoms with Crippen LogP contribution in [0.3, 0.4) is 0 Å². The molecule has 26 heavy (non-hydrogen) atoms. The van der Waals surface area contributed by atoms with Crippen LogP contribution in [0.1, 0.15) is 45.6 Å². The van der Waals surface area contributed by atoms with Gasteiger partial charge in [-0.15, -0.1) is 0 Å². The Morgan fingerprint density at radius 3 is 2.46 bits per heavy atom. The number of carbonyl (C=O) groups excluding carboxylic acids is 2. The number of urea groups is 1. The molecule has 0 bridgehead atoms. The lowest BCUT2D eigenvalue weighted by Gasteiger charge is -2.19.